The van der Waals surface area contributed by atoms with E-state index in [0.717, 1.165) is 32.4 Å². The molecule has 1 aromatic heterocycles. The number of halogens is 1. The molecule has 0 N–H and O–H groups in total. The van der Waals surface area contributed by atoms with Gasteiger partial charge in [0.15, 0.2) is 0 Å². The lowest BCUT2D eigenvalue weighted by Crippen LogP contribution is -2.07. The maximum atomic E-state index is 12.2. The summed E-state index contributed by atoms with van der Waals surface area (Å²) in [5.41, 5.74) is 3.39. The lowest BCUT2D eigenvalue weighted by molar-refractivity contribution is -0.141. The third-order valence-corrected chi connectivity index (χ3v) is 6.15. The van der Waals surface area contributed by atoms with E-state index in [0.29, 0.717) is 12.4 Å². The first-order valence-electron chi connectivity index (χ1n) is 9.34. The molecule has 0 aliphatic heterocycles. The van der Waals surface area contributed by atoms with E-state index in [1.54, 1.807) is 0 Å². The van der Waals surface area contributed by atoms with E-state index in [2.05, 4.69) is 63.1 Å². The van der Waals surface area contributed by atoms with Crippen LogP contribution in [-0.2, 0) is 22.7 Å². The second-order valence-corrected chi connectivity index (χ2v) is 8.63. The number of para-hydroxylation sites is 1. The van der Waals surface area contributed by atoms with Gasteiger partial charge in [0.2, 0.25) is 0 Å². The van der Waals surface area contributed by atoms with Gasteiger partial charge in [-0.2, -0.15) is 0 Å². The summed E-state index contributed by atoms with van der Waals surface area (Å²) in [6, 6.07) is 26.4. The molecule has 4 aromatic rings. The van der Waals surface area contributed by atoms with Gasteiger partial charge >= 0.3 is 5.97 Å². The SMILES string of the molecule is O=C(CSc1cn(Cc2ccc(Br)cc2)c2ccccc12)OCc1ccccc1. The molecular formula is C24H20BrNO2S. The van der Waals surface area contributed by atoms with Crippen LogP contribution in [0.1, 0.15) is 11.1 Å². The number of rotatable bonds is 7. The molecule has 0 atom stereocenters. The van der Waals surface area contributed by atoms with Crippen LogP contribution in [0, 0.1) is 0 Å². The lowest BCUT2D eigenvalue weighted by Gasteiger charge is -2.05. The molecule has 0 radical (unpaired) electrons. The molecule has 0 fully saturated rings. The summed E-state index contributed by atoms with van der Waals surface area (Å²) in [5, 5.41) is 1.16. The van der Waals surface area contributed by atoms with Crippen LogP contribution in [0.4, 0.5) is 0 Å². The van der Waals surface area contributed by atoms with Crippen LogP contribution >= 0.6 is 27.7 Å². The van der Waals surface area contributed by atoms with Crippen molar-refractivity contribution in [3.63, 3.8) is 0 Å². The van der Waals surface area contributed by atoms with Gasteiger partial charge in [-0.25, -0.2) is 0 Å². The van der Waals surface area contributed by atoms with Crippen molar-refractivity contribution in [3.05, 3.63) is 101 Å². The Kier molecular flexibility index (Phi) is 6.37. The number of carbonyl (C=O) groups is 1. The Hall–Kier alpha value is -2.50. The summed E-state index contributed by atoms with van der Waals surface area (Å²) in [7, 11) is 0. The van der Waals surface area contributed by atoms with E-state index in [9.17, 15) is 4.79 Å². The number of thioether (sulfide) groups is 1. The molecule has 0 unspecified atom stereocenters. The van der Waals surface area contributed by atoms with E-state index in [1.807, 2.05) is 42.5 Å². The third kappa shape index (κ3) is 5.11. The zero-order valence-electron chi connectivity index (χ0n) is 15.8. The number of esters is 1. The molecule has 0 saturated heterocycles. The summed E-state index contributed by atoms with van der Waals surface area (Å²) >= 11 is 5.01. The van der Waals surface area contributed by atoms with E-state index in [-0.39, 0.29) is 5.97 Å². The number of aromatic nitrogens is 1. The van der Waals surface area contributed by atoms with E-state index >= 15 is 0 Å². The van der Waals surface area contributed by atoms with E-state index in [4.69, 9.17) is 4.74 Å². The van der Waals surface area contributed by atoms with Gasteiger partial charge in [0.05, 0.1) is 5.75 Å². The molecule has 146 valence electrons. The summed E-state index contributed by atoms with van der Waals surface area (Å²) < 4.78 is 8.71. The molecular weight excluding hydrogens is 446 g/mol. The standard InChI is InChI=1S/C24H20BrNO2S/c25-20-12-10-18(11-13-20)14-26-15-23(21-8-4-5-9-22(21)26)29-17-24(27)28-16-19-6-2-1-3-7-19/h1-13,15H,14,16-17H2. The molecule has 0 aliphatic rings. The minimum Gasteiger partial charge on any atom is -0.460 e. The second-order valence-electron chi connectivity index (χ2n) is 6.70. The third-order valence-electron chi connectivity index (χ3n) is 4.61. The van der Waals surface area contributed by atoms with Crippen molar-refractivity contribution in [2.24, 2.45) is 0 Å². The molecule has 0 aliphatic carbocycles. The predicted molar refractivity (Wildman–Crippen MR) is 122 cm³/mol. The molecule has 0 bridgehead atoms. The number of hydrogen-bond acceptors (Lipinski definition) is 3. The van der Waals surface area contributed by atoms with E-state index < -0.39 is 0 Å². The zero-order chi connectivity index (χ0) is 20.1. The molecule has 0 amide bonds. The molecule has 4 rings (SSSR count). The number of nitrogens with zero attached hydrogens (tertiary/aromatic N) is 1. The molecule has 29 heavy (non-hydrogen) atoms. The Balaban J connectivity index is 1.44. The smallest absolute Gasteiger partial charge is 0.316 e. The van der Waals surface area contributed by atoms with Crippen LogP contribution in [0.15, 0.2) is 94.4 Å². The van der Waals surface area contributed by atoms with Crippen molar-refractivity contribution in [3.8, 4) is 0 Å². The van der Waals surface area contributed by atoms with Gasteiger partial charge in [-0.05, 0) is 29.3 Å². The molecule has 0 saturated carbocycles. The molecule has 0 spiro atoms. The Bertz CT molecular complexity index is 1110. The number of benzene rings is 3. The van der Waals surface area contributed by atoms with Crippen molar-refractivity contribution in [1.82, 2.24) is 4.57 Å². The van der Waals surface area contributed by atoms with Crippen molar-refractivity contribution in [2.75, 3.05) is 5.75 Å². The normalized spacial score (nSPS) is 10.9. The Morgan fingerprint density at radius 1 is 0.897 bits per heavy atom. The predicted octanol–water partition coefficient (Wildman–Crippen LogP) is 6.29. The van der Waals surface area contributed by atoms with Crippen LogP contribution < -0.4 is 0 Å². The van der Waals surface area contributed by atoms with Crippen molar-refractivity contribution in [2.45, 2.75) is 18.0 Å². The number of carbonyl (C=O) groups excluding carboxylic acids is 1. The first kappa shape index (κ1) is 19.8. The highest BCUT2D eigenvalue weighted by atomic mass is 79.9. The second kappa shape index (κ2) is 9.33. The maximum Gasteiger partial charge on any atom is 0.316 e. The fourth-order valence-corrected chi connectivity index (χ4v) is 4.31. The molecule has 1 heterocycles. The maximum absolute atomic E-state index is 12.2. The summed E-state index contributed by atoms with van der Waals surface area (Å²) in [4.78, 5) is 13.3. The van der Waals surface area contributed by atoms with Crippen molar-refractivity contribution < 1.29 is 9.53 Å². The topological polar surface area (TPSA) is 31.2 Å². The average Bonchev–Trinajstić information content (AvgIpc) is 3.11. The molecule has 5 heteroatoms. The Morgan fingerprint density at radius 3 is 2.41 bits per heavy atom. The molecule has 3 aromatic carbocycles. The van der Waals surface area contributed by atoms with Crippen LogP contribution in [0.3, 0.4) is 0 Å². The lowest BCUT2D eigenvalue weighted by atomic mass is 10.2. The average molecular weight is 466 g/mol. The quantitative estimate of drug-likeness (QED) is 0.237. The highest BCUT2D eigenvalue weighted by Crippen LogP contribution is 2.30. The van der Waals surface area contributed by atoms with E-state index in [1.165, 1.54) is 17.3 Å². The van der Waals surface area contributed by atoms with Gasteiger partial charge < -0.3 is 9.30 Å². The minimum atomic E-state index is -0.205. The van der Waals surface area contributed by atoms with Gasteiger partial charge in [0.25, 0.3) is 0 Å². The van der Waals surface area contributed by atoms with Crippen molar-refractivity contribution >= 4 is 44.6 Å². The highest BCUT2D eigenvalue weighted by molar-refractivity contribution is 9.10. The van der Waals surface area contributed by atoms with Crippen LogP contribution in [-0.4, -0.2) is 16.3 Å². The van der Waals surface area contributed by atoms with Gasteiger partial charge in [0.1, 0.15) is 6.61 Å². The molecule has 3 nitrogen and oxygen atoms in total. The largest absolute Gasteiger partial charge is 0.460 e. The highest BCUT2D eigenvalue weighted by Gasteiger charge is 2.12. The summed E-state index contributed by atoms with van der Waals surface area (Å²) in [6.07, 6.45) is 2.13. The van der Waals surface area contributed by atoms with Gasteiger partial charge in [-0.3, -0.25) is 4.79 Å². The summed E-state index contributed by atoms with van der Waals surface area (Å²) in [5.74, 6) is 0.0858. The van der Waals surface area contributed by atoms with Crippen molar-refractivity contribution in [1.29, 1.82) is 0 Å². The van der Waals surface area contributed by atoms with Gasteiger partial charge in [0, 0.05) is 33.0 Å². The number of hydrogen-bond donors (Lipinski definition) is 0. The zero-order valence-corrected chi connectivity index (χ0v) is 18.2. The fraction of sp³-hybridized carbons (Fsp3) is 0.125. The first-order valence-corrected chi connectivity index (χ1v) is 11.1. The van der Waals surface area contributed by atoms with Gasteiger partial charge in [-0.1, -0.05) is 76.6 Å². The monoisotopic (exact) mass is 465 g/mol. The first-order chi connectivity index (χ1) is 14.2. The van der Waals surface area contributed by atoms with Crippen LogP contribution in [0.5, 0.6) is 0 Å². The fourth-order valence-electron chi connectivity index (χ4n) is 3.16. The minimum absolute atomic E-state index is 0.205. The summed E-state index contributed by atoms with van der Waals surface area (Å²) in [6.45, 7) is 1.10. The van der Waals surface area contributed by atoms with Crippen LogP contribution in [0.25, 0.3) is 10.9 Å². The Morgan fingerprint density at radius 2 is 1.62 bits per heavy atom. The number of fused-ring (bicyclic) bond motifs is 1. The van der Waals surface area contributed by atoms with Crippen LogP contribution in [0.2, 0.25) is 0 Å². The number of ether oxygens (including phenoxy) is 1. The Labute approximate surface area is 182 Å². The van der Waals surface area contributed by atoms with Gasteiger partial charge in [-0.15, -0.1) is 11.8 Å².